The number of hydrogen-bond donors (Lipinski definition) is 2. The summed E-state index contributed by atoms with van der Waals surface area (Å²) < 4.78 is 1.82. The lowest BCUT2D eigenvalue weighted by Gasteiger charge is -2.36. The summed E-state index contributed by atoms with van der Waals surface area (Å²) in [5.41, 5.74) is 2.86. The largest absolute Gasteiger partial charge is 0.350 e. The van der Waals surface area contributed by atoms with Gasteiger partial charge in [-0.3, -0.25) is 9.48 Å². The molecule has 28 heavy (non-hydrogen) atoms. The highest BCUT2D eigenvalue weighted by Crippen LogP contribution is 2.27. The molecular weight excluding hydrogens is 372 g/mol. The molecule has 146 valence electrons. The number of benzene rings is 2. The van der Waals surface area contributed by atoms with Crippen molar-refractivity contribution in [2.75, 3.05) is 13.1 Å². The third kappa shape index (κ3) is 4.11. The van der Waals surface area contributed by atoms with Gasteiger partial charge in [0.15, 0.2) is 0 Å². The minimum atomic E-state index is -0.598. The van der Waals surface area contributed by atoms with Crippen molar-refractivity contribution < 1.29 is 4.79 Å². The molecule has 0 bridgehead atoms. The third-order valence-corrected chi connectivity index (χ3v) is 5.31. The molecule has 0 atom stereocenters. The Morgan fingerprint density at radius 1 is 1.00 bits per heavy atom. The van der Waals surface area contributed by atoms with E-state index in [1.165, 1.54) is 11.1 Å². The van der Waals surface area contributed by atoms with Gasteiger partial charge in [-0.05, 0) is 48.7 Å². The van der Waals surface area contributed by atoms with E-state index in [-0.39, 0.29) is 18.3 Å². The van der Waals surface area contributed by atoms with Gasteiger partial charge in [-0.15, -0.1) is 12.4 Å². The van der Waals surface area contributed by atoms with E-state index in [9.17, 15) is 4.79 Å². The summed E-state index contributed by atoms with van der Waals surface area (Å²) in [6.45, 7) is 2.16. The number of amides is 1. The number of carbonyl (C=O) groups excluding carboxylic acids is 1. The van der Waals surface area contributed by atoms with E-state index < -0.39 is 5.54 Å². The second kappa shape index (κ2) is 9.04. The minimum absolute atomic E-state index is 0. The zero-order chi connectivity index (χ0) is 18.5. The van der Waals surface area contributed by atoms with Gasteiger partial charge in [-0.2, -0.15) is 5.10 Å². The molecule has 2 heterocycles. The maximum atomic E-state index is 13.1. The Bertz CT molecular complexity index is 873. The van der Waals surface area contributed by atoms with Crippen LogP contribution in [0.1, 0.15) is 18.4 Å². The van der Waals surface area contributed by atoms with Crippen LogP contribution in [0.25, 0.3) is 11.1 Å². The molecule has 5 nitrogen and oxygen atoms in total. The molecule has 0 radical (unpaired) electrons. The number of nitrogens with one attached hydrogen (secondary N) is 2. The number of halogens is 1. The van der Waals surface area contributed by atoms with Gasteiger partial charge in [0, 0.05) is 18.9 Å². The molecule has 1 saturated heterocycles. The van der Waals surface area contributed by atoms with E-state index in [1.807, 2.05) is 35.1 Å². The SMILES string of the molecule is Cl.O=C(NCc1ccc(-c2ccccc2)cc1)C1(n2cccn2)CCNCC1. The first kappa shape index (κ1) is 20.1. The van der Waals surface area contributed by atoms with Crippen LogP contribution in [0.5, 0.6) is 0 Å². The summed E-state index contributed by atoms with van der Waals surface area (Å²) in [5, 5.41) is 10.8. The van der Waals surface area contributed by atoms with Crippen LogP contribution in [0, 0.1) is 0 Å². The average Bonchev–Trinajstić information content (AvgIpc) is 3.29. The van der Waals surface area contributed by atoms with Crippen molar-refractivity contribution >= 4 is 18.3 Å². The lowest BCUT2D eigenvalue weighted by Crippen LogP contribution is -2.54. The fourth-order valence-corrected chi connectivity index (χ4v) is 3.72. The molecule has 1 aliphatic heterocycles. The van der Waals surface area contributed by atoms with Gasteiger partial charge < -0.3 is 10.6 Å². The summed E-state index contributed by atoms with van der Waals surface area (Å²) in [7, 11) is 0. The van der Waals surface area contributed by atoms with E-state index in [0.717, 1.165) is 31.5 Å². The quantitative estimate of drug-likeness (QED) is 0.695. The van der Waals surface area contributed by atoms with Crippen molar-refractivity contribution in [3.05, 3.63) is 78.6 Å². The lowest BCUT2D eigenvalue weighted by molar-refractivity contribution is -0.132. The molecular formula is C22H25ClN4O. The van der Waals surface area contributed by atoms with Gasteiger partial charge in [-0.1, -0.05) is 54.6 Å². The Hall–Kier alpha value is -2.63. The van der Waals surface area contributed by atoms with Gasteiger partial charge in [0.05, 0.1) is 0 Å². The zero-order valence-electron chi connectivity index (χ0n) is 15.7. The smallest absolute Gasteiger partial charge is 0.248 e. The van der Waals surface area contributed by atoms with Crippen LogP contribution in [0.15, 0.2) is 73.1 Å². The van der Waals surface area contributed by atoms with Gasteiger partial charge in [0.1, 0.15) is 5.54 Å². The first-order valence-electron chi connectivity index (χ1n) is 9.41. The molecule has 6 heteroatoms. The first-order valence-corrected chi connectivity index (χ1v) is 9.41. The predicted octanol–water partition coefficient (Wildman–Crippen LogP) is 3.37. The summed E-state index contributed by atoms with van der Waals surface area (Å²) in [6.07, 6.45) is 5.11. The second-order valence-corrected chi connectivity index (χ2v) is 6.98. The molecule has 2 aromatic carbocycles. The molecule has 0 aliphatic carbocycles. The highest BCUT2D eigenvalue weighted by Gasteiger charge is 2.41. The molecule has 0 saturated carbocycles. The zero-order valence-corrected chi connectivity index (χ0v) is 16.5. The predicted molar refractivity (Wildman–Crippen MR) is 113 cm³/mol. The van der Waals surface area contributed by atoms with Gasteiger partial charge in [0.2, 0.25) is 5.91 Å². The van der Waals surface area contributed by atoms with Crippen LogP contribution in [-0.4, -0.2) is 28.8 Å². The maximum absolute atomic E-state index is 13.1. The van der Waals surface area contributed by atoms with Gasteiger partial charge in [0.25, 0.3) is 0 Å². The number of piperidine rings is 1. The fourth-order valence-electron chi connectivity index (χ4n) is 3.72. The molecule has 0 spiro atoms. The van der Waals surface area contributed by atoms with E-state index in [4.69, 9.17) is 0 Å². The Labute approximate surface area is 171 Å². The molecule has 2 N–H and O–H groups in total. The number of nitrogens with zero attached hydrogens (tertiary/aromatic N) is 2. The Morgan fingerprint density at radius 3 is 2.32 bits per heavy atom. The number of hydrogen-bond acceptors (Lipinski definition) is 3. The molecule has 1 fully saturated rings. The van der Waals surface area contributed by atoms with Crippen molar-refractivity contribution in [2.45, 2.75) is 24.9 Å². The van der Waals surface area contributed by atoms with Crippen molar-refractivity contribution in [1.29, 1.82) is 0 Å². The number of rotatable bonds is 5. The van der Waals surface area contributed by atoms with Gasteiger partial charge in [-0.25, -0.2) is 0 Å². The summed E-state index contributed by atoms with van der Waals surface area (Å²) in [5.74, 6) is 0.0415. The van der Waals surface area contributed by atoms with Crippen LogP contribution in [0.3, 0.4) is 0 Å². The lowest BCUT2D eigenvalue weighted by atomic mass is 9.87. The first-order chi connectivity index (χ1) is 13.3. The van der Waals surface area contributed by atoms with Crippen LogP contribution >= 0.6 is 12.4 Å². The third-order valence-electron chi connectivity index (χ3n) is 5.31. The topological polar surface area (TPSA) is 59.0 Å². The van der Waals surface area contributed by atoms with Crippen LogP contribution in [0.4, 0.5) is 0 Å². The van der Waals surface area contributed by atoms with Crippen molar-refractivity contribution in [3.63, 3.8) is 0 Å². The second-order valence-electron chi connectivity index (χ2n) is 6.98. The van der Waals surface area contributed by atoms with Crippen molar-refractivity contribution in [1.82, 2.24) is 20.4 Å². The highest BCUT2D eigenvalue weighted by atomic mass is 35.5. The number of aromatic nitrogens is 2. The summed E-state index contributed by atoms with van der Waals surface area (Å²) >= 11 is 0. The Balaban J connectivity index is 0.00000225. The molecule has 1 amide bonds. The highest BCUT2D eigenvalue weighted by molar-refractivity contribution is 5.85. The molecule has 4 rings (SSSR count). The van der Waals surface area contributed by atoms with E-state index in [1.54, 1.807) is 6.20 Å². The van der Waals surface area contributed by atoms with Gasteiger partial charge >= 0.3 is 0 Å². The molecule has 0 unspecified atom stereocenters. The molecule has 1 aromatic heterocycles. The monoisotopic (exact) mass is 396 g/mol. The molecule has 3 aromatic rings. The van der Waals surface area contributed by atoms with E-state index in [0.29, 0.717) is 6.54 Å². The average molecular weight is 397 g/mol. The minimum Gasteiger partial charge on any atom is -0.350 e. The standard InChI is InChI=1S/C22H24N4O.ClH/c27-21(22(11-14-23-15-12-22)26-16-4-13-25-26)24-17-18-7-9-20(10-8-18)19-5-2-1-3-6-19;/h1-10,13,16,23H,11-12,14-15,17H2,(H,24,27);1H. The fraction of sp³-hybridized carbons (Fsp3) is 0.273. The Kier molecular flexibility index (Phi) is 6.49. The van der Waals surface area contributed by atoms with Crippen molar-refractivity contribution in [2.24, 2.45) is 0 Å². The van der Waals surface area contributed by atoms with E-state index >= 15 is 0 Å². The van der Waals surface area contributed by atoms with Crippen LogP contribution in [-0.2, 0) is 16.9 Å². The normalized spacial score (nSPS) is 15.4. The number of carbonyl (C=O) groups is 1. The van der Waals surface area contributed by atoms with Crippen LogP contribution < -0.4 is 10.6 Å². The van der Waals surface area contributed by atoms with Crippen LogP contribution in [0.2, 0.25) is 0 Å². The van der Waals surface area contributed by atoms with Crippen molar-refractivity contribution in [3.8, 4) is 11.1 Å². The summed E-state index contributed by atoms with van der Waals surface area (Å²) in [4.78, 5) is 13.1. The Morgan fingerprint density at radius 2 is 1.68 bits per heavy atom. The maximum Gasteiger partial charge on any atom is 0.248 e. The summed E-state index contributed by atoms with van der Waals surface area (Å²) in [6, 6.07) is 20.5. The molecule has 1 aliphatic rings. The van der Waals surface area contributed by atoms with E-state index in [2.05, 4.69) is 52.1 Å².